The average molecular weight is 583 g/mol. The summed E-state index contributed by atoms with van der Waals surface area (Å²) in [5.41, 5.74) is 1.77. The van der Waals surface area contributed by atoms with Crippen molar-refractivity contribution in [2.24, 2.45) is 0 Å². The van der Waals surface area contributed by atoms with Gasteiger partial charge < -0.3 is 0 Å². The van der Waals surface area contributed by atoms with Gasteiger partial charge in [-0.1, -0.05) is 84.9 Å². The number of para-hydroxylation sites is 1. The third-order valence-electron chi connectivity index (χ3n) is 7.20. The molecule has 7 nitrogen and oxygen atoms in total. The number of rotatable bonds is 5. The van der Waals surface area contributed by atoms with Gasteiger partial charge in [-0.25, -0.2) is 20.8 Å². The molecule has 0 fully saturated rings. The number of Topliss-reactive ketones (excluding diaryl/α,β-unsaturated/α-hetero) is 1. The van der Waals surface area contributed by atoms with Crippen molar-refractivity contribution < 1.29 is 21.6 Å². The molecule has 206 valence electrons. The minimum Gasteiger partial charge on any atom is -0.287 e. The number of hydrogen-bond acceptors (Lipinski definition) is 5. The zero-order valence-corrected chi connectivity index (χ0v) is 23.6. The van der Waals surface area contributed by atoms with Crippen LogP contribution in [0.5, 0.6) is 0 Å². The van der Waals surface area contributed by atoms with Crippen LogP contribution in [0.1, 0.15) is 21.6 Å². The van der Waals surface area contributed by atoms with Gasteiger partial charge in [-0.2, -0.15) is 4.31 Å². The predicted molar refractivity (Wildman–Crippen MR) is 159 cm³/mol. The molecule has 41 heavy (non-hydrogen) atoms. The summed E-state index contributed by atoms with van der Waals surface area (Å²) in [6.07, 6.45) is 1.80. The fourth-order valence-electron chi connectivity index (χ4n) is 5.24. The molecule has 0 radical (unpaired) electrons. The molecule has 0 amide bonds. The minimum absolute atomic E-state index is 0.0361. The van der Waals surface area contributed by atoms with Crippen molar-refractivity contribution in [3.05, 3.63) is 138 Å². The normalized spacial score (nSPS) is 15.9. The van der Waals surface area contributed by atoms with Gasteiger partial charge in [-0.3, -0.25) is 4.79 Å². The largest absolute Gasteiger partial charge is 0.287 e. The van der Waals surface area contributed by atoms with Gasteiger partial charge in [0, 0.05) is 24.0 Å². The number of sulfonamides is 1. The number of hydrogen-bond donors (Lipinski definition) is 0. The lowest BCUT2D eigenvalue weighted by Crippen LogP contribution is -2.38. The first kappa shape index (κ1) is 26.9. The third kappa shape index (κ3) is 4.82. The van der Waals surface area contributed by atoms with Gasteiger partial charge >= 0.3 is 0 Å². The number of aromatic nitrogens is 1. The molecular weight excluding hydrogens is 556 g/mol. The van der Waals surface area contributed by atoms with Gasteiger partial charge in [-0.15, -0.1) is 0 Å². The summed E-state index contributed by atoms with van der Waals surface area (Å²) in [6.45, 7) is -0.152. The average Bonchev–Trinajstić information content (AvgIpc) is 3.33. The Labute approximate surface area is 239 Å². The summed E-state index contributed by atoms with van der Waals surface area (Å²) < 4.78 is 58.1. The molecule has 0 atom stereocenters. The molecule has 0 unspecified atom stereocenters. The summed E-state index contributed by atoms with van der Waals surface area (Å²) in [4.78, 5) is 14.7. The molecule has 4 aromatic carbocycles. The number of fused-ring (bicyclic) bond motifs is 3. The second-order valence-electron chi connectivity index (χ2n) is 9.74. The molecule has 5 aromatic rings. The van der Waals surface area contributed by atoms with Gasteiger partial charge in [-0.05, 0) is 54.0 Å². The maximum absolute atomic E-state index is 14.5. The topological polar surface area (TPSA) is 93.5 Å². The third-order valence-corrected chi connectivity index (χ3v) is 10.8. The van der Waals surface area contributed by atoms with Crippen LogP contribution in [0.25, 0.3) is 17.0 Å². The zero-order valence-electron chi connectivity index (χ0n) is 21.9. The molecule has 9 heteroatoms. The van der Waals surface area contributed by atoms with E-state index in [4.69, 9.17) is 0 Å². The first-order valence-corrected chi connectivity index (χ1v) is 15.9. The zero-order chi connectivity index (χ0) is 28.6. The van der Waals surface area contributed by atoms with Crippen LogP contribution in [0.4, 0.5) is 0 Å². The monoisotopic (exact) mass is 582 g/mol. The number of carbonyl (C=O) groups is 1. The molecule has 0 saturated carbocycles. The molecule has 0 spiro atoms. The van der Waals surface area contributed by atoms with Gasteiger partial charge in [0.05, 0.1) is 15.3 Å². The first-order valence-electron chi connectivity index (χ1n) is 13.1. The lowest BCUT2D eigenvalue weighted by atomic mass is 9.97. The molecular formula is C32H26N2O5S2. The highest BCUT2D eigenvalue weighted by Gasteiger charge is 2.36. The van der Waals surface area contributed by atoms with E-state index in [2.05, 4.69) is 0 Å². The summed E-state index contributed by atoms with van der Waals surface area (Å²) in [7, 11) is -8.12. The van der Waals surface area contributed by atoms with Crippen LogP contribution in [-0.4, -0.2) is 44.0 Å². The molecule has 1 aromatic heterocycles. The number of nitrogens with zero attached hydrogens (tertiary/aromatic N) is 2. The second-order valence-corrected chi connectivity index (χ2v) is 13.5. The minimum atomic E-state index is -4.17. The lowest BCUT2D eigenvalue weighted by Gasteiger charge is -2.26. The van der Waals surface area contributed by atoms with Crippen LogP contribution in [0.2, 0.25) is 0 Å². The van der Waals surface area contributed by atoms with Crippen LogP contribution in [0.3, 0.4) is 0 Å². The Hall–Kier alpha value is -4.31. The maximum atomic E-state index is 14.5. The van der Waals surface area contributed by atoms with Gasteiger partial charge in [0.25, 0.3) is 10.0 Å². The van der Waals surface area contributed by atoms with Gasteiger partial charge in [0.15, 0.2) is 0 Å². The van der Waals surface area contributed by atoms with Crippen LogP contribution in [0.15, 0.2) is 131 Å². The van der Waals surface area contributed by atoms with E-state index < -0.39 is 25.8 Å². The van der Waals surface area contributed by atoms with Crippen LogP contribution < -0.4 is 0 Å². The van der Waals surface area contributed by atoms with Crippen LogP contribution in [0, 0.1) is 0 Å². The van der Waals surface area contributed by atoms with Crippen LogP contribution >= 0.6 is 0 Å². The number of carbonyl (C=O) groups excluding carboxylic acids is 1. The fraction of sp³-hybridized carbons (Fsp3) is 0.0938. The van der Waals surface area contributed by atoms with E-state index in [-0.39, 0.29) is 40.6 Å². The van der Waals surface area contributed by atoms with E-state index in [0.29, 0.717) is 22.0 Å². The summed E-state index contributed by atoms with van der Waals surface area (Å²) >= 11 is 0. The van der Waals surface area contributed by atoms with E-state index in [0.717, 1.165) is 3.97 Å². The Morgan fingerprint density at radius 3 is 1.80 bits per heavy atom. The summed E-state index contributed by atoms with van der Waals surface area (Å²) in [5, 5.41) is 0.591. The van der Waals surface area contributed by atoms with Crippen molar-refractivity contribution in [1.29, 1.82) is 0 Å². The van der Waals surface area contributed by atoms with Gasteiger partial charge in [0.1, 0.15) is 5.69 Å². The molecule has 0 aliphatic carbocycles. The SMILES string of the molecule is O=C1/C(=C/c2ccccc2)CN(S(=O)(=O)c2ccccc2)CCc2c1n(S(=O)(=O)c1ccccc1)c1ccccc21. The Balaban J connectivity index is 1.61. The molecule has 0 saturated heterocycles. The van der Waals surface area contributed by atoms with E-state index in [1.54, 1.807) is 66.7 Å². The molecule has 1 aliphatic heterocycles. The fourth-order valence-corrected chi connectivity index (χ4v) is 8.25. The predicted octanol–water partition coefficient (Wildman–Crippen LogP) is 5.39. The van der Waals surface area contributed by atoms with Crippen molar-refractivity contribution in [3.63, 3.8) is 0 Å². The van der Waals surface area contributed by atoms with Crippen molar-refractivity contribution in [3.8, 4) is 0 Å². The maximum Gasteiger partial charge on any atom is 0.268 e. The Morgan fingerprint density at radius 1 is 0.634 bits per heavy atom. The van der Waals surface area contributed by atoms with Crippen LogP contribution in [-0.2, 0) is 26.5 Å². The number of ketones is 1. The molecule has 2 heterocycles. The highest BCUT2D eigenvalue weighted by molar-refractivity contribution is 7.90. The van der Waals surface area contributed by atoms with Crippen molar-refractivity contribution in [2.45, 2.75) is 16.2 Å². The van der Waals surface area contributed by atoms with Gasteiger partial charge in [0.2, 0.25) is 15.8 Å². The molecule has 0 N–H and O–H groups in total. The summed E-state index contributed by atoms with van der Waals surface area (Å²) in [6, 6.07) is 32.2. The molecule has 0 bridgehead atoms. The molecule has 6 rings (SSSR count). The highest BCUT2D eigenvalue weighted by atomic mass is 32.2. The molecule has 1 aliphatic rings. The van der Waals surface area contributed by atoms with E-state index in [9.17, 15) is 21.6 Å². The van der Waals surface area contributed by atoms with E-state index in [1.807, 2.05) is 30.3 Å². The second kappa shape index (κ2) is 10.6. The van der Waals surface area contributed by atoms with E-state index in [1.165, 1.54) is 28.6 Å². The van der Waals surface area contributed by atoms with Crippen molar-refractivity contribution in [1.82, 2.24) is 8.28 Å². The van der Waals surface area contributed by atoms with Crippen molar-refractivity contribution in [2.75, 3.05) is 13.1 Å². The number of benzene rings is 4. The Bertz CT molecular complexity index is 2000. The Morgan fingerprint density at radius 2 is 1.17 bits per heavy atom. The smallest absolute Gasteiger partial charge is 0.268 e. The standard InChI is InChI=1S/C32H26N2O5S2/c35-32-25(22-24-12-4-1-5-13-24)23-33(40(36,37)26-14-6-2-7-15-26)21-20-29-28-18-10-11-19-30(28)34(31(29)32)41(38,39)27-16-8-3-9-17-27/h1-19,22H,20-21,23H2/b25-22+. The van der Waals surface area contributed by atoms with Crippen molar-refractivity contribution >= 4 is 42.8 Å². The lowest BCUT2D eigenvalue weighted by molar-refractivity contribution is 0.102. The Kier molecular flexibility index (Phi) is 6.94. The summed E-state index contributed by atoms with van der Waals surface area (Å²) in [5.74, 6) is -0.535. The first-order chi connectivity index (χ1) is 19.8. The highest BCUT2D eigenvalue weighted by Crippen LogP contribution is 2.35. The quantitative estimate of drug-likeness (QED) is 0.259. The van der Waals surface area contributed by atoms with E-state index >= 15 is 0 Å².